The van der Waals surface area contributed by atoms with Gasteiger partial charge in [0.2, 0.25) is 0 Å². The van der Waals surface area contributed by atoms with E-state index in [2.05, 4.69) is 4.98 Å². The highest BCUT2D eigenvalue weighted by Crippen LogP contribution is 2.22. The predicted octanol–water partition coefficient (Wildman–Crippen LogP) is 0.269. The van der Waals surface area contributed by atoms with Crippen LogP contribution in [-0.4, -0.2) is 49.3 Å². The number of hydrogen-bond donors (Lipinski definition) is 3. The molecule has 2 rings (SSSR count). The van der Waals surface area contributed by atoms with E-state index < -0.39 is 24.1 Å². The molecule has 1 aromatic heterocycles. The van der Waals surface area contributed by atoms with E-state index in [-0.39, 0.29) is 18.7 Å². The Morgan fingerprint density at radius 3 is 2.42 bits per heavy atom. The first-order chi connectivity index (χ1) is 8.90. The summed E-state index contributed by atoms with van der Waals surface area (Å²) in [5.41, 5.74) is 0.640. The molecular weight excluding hydrogens is 256 g/mol. The molecule has 1 aromatic rings. The van der Waals surface area contributed by atoms with Gasteiger partial charge in [0.05, 0.1) is 6.54 Å². The quantitative estimate of drug-likeness (QED) is 0.700. The van der Waals surface area contributed by atoms with E-state index in [1.165, 1.54) is 12.1 Å². The molecule has 1 unspecified atom stereocenters. The van der Waals surface area contributed by atoms with Crippen LogP contribution in [0.25, 0.3) is 0 Å². The molecule has 0 bridgehead atoms. The van der Waals surface area contributed by atoms with Gasteiger partial charge in [-0.1, -0.05) is 6.07 Å². The first-order valence-corrected chi connectivity index (χ1v) is 5.34. The Labute approximate surface area is 106 Å². The highest BCUT2D eigenvalue weighted by atomic mass is 16.4. The summed E-state index contributed by atoms with van der Waals surface area (Å²) in [7, 11) is 0. The van der Waals surface area contributed by atoms with Crippen LogP contribution < -0.4 is 0 Å². The molecule has 0 spiro atoms. The van der Waals surface area contributed by atoms with Crippen molar-refractivity contribution in [3.63, 3.8) is 0 Å². The minimum Gasteiger partial charge on any atom is -0.480 e. The van der Waals surface area contributed by atoms with Crippen LogP contribution in [0, 0.1) is 0 Å². The van der Waals surface area contributed by atoms with Gasteiger partial charge in [0.1, 0.15) is 11.7 Å². The molecule has 0 fully saturated rings. The zero-order valence-electron chi connectivity index (χ0n) is 9.61. The van der Waals surface area contributed by atoms with Gasteiger partial charge in [0.25, 0.3) is 0 Å². The molecule has 8 heteroatoms. The topological polar surface area (TPSA) is 128 Å². The molecule has 1 amide bonds. The molecule has 0 radical (unpaired) electrons. The highest BCUT2D eigenvalue weighted by Gasteiger charge is 2.35. The predicted molar refractivity (Wildman–Crippen MR) is 59.9 cm³/mol. The zero-order chi connectivity index (χ0) is 14.2. The lowest BCUT2D eigenvalue weighted by Gasteiger charge is -2.31. The molecule has 1 atom stereocenters. The number of rotatable bonds is 2. The average molecular weight is 266 g/mol. The number of aromatic nitrogens is 1. The zero-order valence-corrected chi connectivity index (χ0v) is 9.61. The maximum absolute atomic E-state index is 11.0. The maximum atomic E-state index is 11.0. The Kier molecular flexibility index (Phi) is 3.07. The number of carboxylic acid groups (broad SMARTS) is 3. The third kappa shape index (κ3) is 2.32. The molecule has 0 aliphatic carbocycles. The van der Waals surface area contributed by atoms with Crippen molar-refractivity contribution in [1.82, 2.24) is 9.88 Å². The SMILES string of the molecule is O=C(O)c1ccc2c(n1)CC(C(=O)O)N(C(=O)O)C2. The van der Waals surface area contributed by atoms with E-state index in [0.717, 1.165) is 4.90 Å². The fraction of sp³-hybridized carbons (Fsp3) is 0.273. The Bertz CT molecular complexity index is 570. The first-order valence-electron chi connectivity index (χ1n) is 5.34. The normalized spacial score (nSPS) is 17.7. The molecule has 8 nitrogen and oxygen atoms in total. The second-order valence-corrected chi connectivity index (χ2v) is 4.08. The van der Waals surface area contributed by atoms with E-state index >= 15 is 0 Å². The summed E-state index contributed by atoms with van der Waals surface area (Å²) in [4.78, 5) is 37.5. The Morgan fingerprint density at radius 2 is 1.89 bits per heavy atom. The Morgan fingerprint density at radius 1 is 1.21 bits per heavy atom. The summed E-state index contributed by atoms with van der Waals surface area (Å²) in [6, 6.07) is 1.48. The van der Waals surface area contributed by atoms with Crippen molar-refractivity contribution >= 4 is 18.0 Å². The van der Waals surface area contributed by atoms with E-state index in [1.807, 2.05) is 0 Å². The van der Waals surface area contributed by atoms with E-state index in [1.54, 1.807) is 0 Å². The van der Waals surface area contributed by atoms with Crippen LogP contribution in [-0.2, 0) is 17.8 Å². The number of carbonyl (C=O) groups is 3. The second kappa shape index (κ2) is 4.56. The second-order valence-electron chi connectivity index (χ2n) is 4.08. The van der Waals surface area contributed by atoms with Crippen LogP contribution in [0.5, 0.6) is 0 Å². The van der Waals surface area contributed by atoms with Gasteiger partial charge in [-0.05, 0) is 11.6 Å². The molecule has 0 saturated heterocycles. The van der Waals surface area contributed by atoms with Crippen LogP contribution in [0.1, 0.15) is 21.7 Å². The van der Waals surface area contributed by atoms with Gasteiger partial charge < -0.3 is 15.3 Å². The Balaban J connectivity index is 2.41. The minimum absolute atomic E-state index is 0.117. The largest absolute Gasteiger partial charge is 0.480 e. The number of carboxylic acids is 2. The smallest absolute Gasteiger partial charge is 0.408 e. The van der Waals surface area contributed by atoms with Gasteiger partial charge in [-0.3, -0.25) is 4.90 Å². The van der Waals surface area contributed by atoms with Gasteiger partial charge >= 0.3 is 18.0 Å². The molecule has 1 aliphatic rings. The number of nitrogens with zero attached hydrogens (tertiary/aromatic N) is 2. The standard InChI is InChI=1S/C11H10N2O6/c14-9(15)6-2-1-5-4-13(11(18)19)8(10(16)17)3-7(5)12-6/h1-2,8H,3-4H2,(H,14,15)(H,16,17)(H,18,19). The van der Waals surface area contributed by atoms with Crippen LogP contribution in [0.15, 0.2) is 12.1 Å². The summed E-state index contributed by atoms with van der Waals surface area (Å²) in [5.74, 6) is -2.49. The lowest BCUT2D eigenvalue weighted by atomic mass is 9.98. The first kappa shape index (κ1) is 12.8. The van der Waals surface area contributed by atoms with Crippen molar-refractivity contribution in [1.29, 1.82) is 0 Å². The Hall–Kier alpha value is -2.64. The summed E-state index contributed by atoms with van der Waals surface area (Å²) in [6.07, 6.45) is -1.47. The monoisotopic (exact) mass is 266 g/mol. The van der Waals surface area contributed by atoms with Crippen molar-refractivity contribution < 1.29 is 29.7 Å². The fourth-order valence-electron chi connectivity index (χ4n) is 1.98. The molecule has 1 aliphatic heterocycles. The van der Waals surface area contributed by atoms with Crippen molar-refractivity contribution in [3.05, 3.63) is 29.1 Å². The van der Waals surface area contributed by atoms with Gasteiger partial charge in [-0.2, -0.15) is 0 Å². The number of aromatic carboxylic acids is 1. The summed E-state index contributed by atoms with van der Waals surface area (Å²) < 4.78 is 0. The van der Waals surface area contributed by atoms with E-state index in [4.69, 9.17) is 15.3 Å². The lowest BCUT2D eigenvalue weighted by molar-refractivity contribution is -0.143. The van der Waals surface area contributed by atoms with Gasteiger partial charge in [0.15, 0.2) is 0 Å². The number of amides is 1. The van der Waals surface area contributed by atoms with Crippen LogP contribution in [0.2, 0.25) is 0 Å². The van der Waals surface area contributed by atoms with Gasteiger partial charge in [-0.25, -0.2) is 19.4 Å². The highest BCUT2D eigenvalue weighted by molar-refractivity contribution is 5.85. The molecule has 3 N–H and O–H groups in total. The number of aliphatic carboxylic acids is 1. The molecule has 0 aromatic carbocycles. The third-order valence-electron chi connectivity index (χ3n) is 2.92. The molecule has 0 saturated carbocycles. The molecule has 2 heterocycles. The number of fused-ring (bicyclic) bond motifs is 1. The molecule has 100 valence electrons. The van der Waals surface area contributed by atoms with Crippen molar-refractivity contribution in [2.75, 3.05) is 0 Å². The van der Waals surface area contributed by atoms with Crippen molar-refractivity contribution in [2.45, 2.75) is 19.0 Å². The number of pyridine rings is 1. The summed E-state index contributed by atoms with van der Waals surface area (Å²) in [6.45, 7) is -0.117. The van der Waals surface area contributed by atoms with Gasteiger partial charge in [0, 0.05) is 12.1 Å². The average Bonchev–Trinajstić information content (AvgIpc) is 2.36. The van der Waals surface area contributed by atoms with Crippen molar-refractivity contribution in [2.24, 2.45) is 0 Å². The van der Waals surface area contributed by atoms with Crippen LogP contribution >= 0.6 is 0 Å². The maximum Gasteiger partial charge on any atom is 0.408 e. The molecule has 19 heavy (non-hydrogen) atoms. The third-order valence-corrected chi connectivity index (χ3v) is 2.92. The van der Waals surface area contributed by atoms with Crippen LogP contribution in [0.3, 0.4) is 0 Å². The van der Waals surface area contributed by atoms with E-state index in [0.29, 0.717) is 11.3 Å². The van der Waals surface area contributed by atoms with E-state index in [9.17, 15) is 14.4 Å². The minimum atomic E-state index is -1.33. The van der Waals surface area contributed by atoms with Gasteiger partial charge in [-0.15, -0.1) is 0 Å². The lowest BCUT2D eigenvalue weighted by Crippen LogP contribution is -2.48. The summed E-state index contributed by atoms with van der Waals surface area (Å²) in [5, 5.41) is 26.8. The summed E-state index contributed by atoms with van der Waals surface area (Å²) >= 11 is 0. The van der Waals surface area contributed by atoms with Crippen LogP contribution in [0.4, 0.5) is 4.79 Å². The number of hydrogen-bond acceptors (Lipinski definition) is 4. The fourth-order valence-corrected chi connectivity index (χ4v) is 1.98. The van der Waals surface area contributed by atoms with Crippen molar-refractivity contribution in [3.8, 4) is 0 Å². The molecular formula is C11H10N2O6.